The van der Waals surface area contributed by atoms with E-state index >= 15 is 0 Å². The summed E-state index contributed by atoms with van der Waals surface area (Å²) in [4.78, 5) is 131. The van der Waals surface area contributed by atoms with Crippen molar-refractivity contribution < 1.29 is 118 Å². The van der Waals surface area contributed by atoms with Crippen LogP contribution in [0.15, 0.2) is 148 Å². The van der Waals surface area contributed by atoms with E-state index in [1.807, 2.05) is 91.0 Å². The minimum atomic E-state index is -0.731. The fourth-order valence-electron chi connectivity index (χ4n) is 17.5. The lowest BCUT2D eigenvalue weighted by atomic mass is 9.98. The van der Waals surface area contributed by atoms with Crippen LogP contribution in [0.4, 0.5) is 0 Å². The number of fused-ring (bicyclic) bond motifs is 4. The molecular weight excluding hydrogens is 1940 g/mol. The van der Waals surface area contributed by atoms with Crippen molar-refractivity contribution in [3.8, 4) is 46.0 Å². The van der Waals surface area contributed by atoms with Crippen LogP contribution in [-0.4, -0.2) is 234 Å². The molecule has 146 heavy (non-hydrogen) atoms. The number of amides is 4. The van der Waals surface area contributed by atoms with Gasteiger partial charge in [0.05, 0.1) is 37.9 Å². The number of carbonyl (C=O) groups excluding carboxylic acids is 8. The van der Waals surface area contributed by atoms with E-state index in [0.717, 1.165) is 159 Å². The van der Waals surface area contributed by atoms with E-state index in [-0.39, 0.29) is 201 Å². The number of hydrogen-bond acceptors (Lipinski definition) is 28. The highest BCUT2D eigenvalue weighted by Crippen LogP contribution is 2.42. The first-order valence-corrected chi connectivity index (χ1v) is 52.6. The highest BCUT2D eigenvalue weighted by atomic mass is 35.5. The number of aromatic hydroxyl groups is 8. The highest BCUT2D eigenvalue weighted by Gasteiger charge is 2.33. The number of benzene rings is 4. The molecule has 4 aromatic carbocycles. The van der Waals surface area contributed by atoms with Crippen molar-refractivity contribution in [1.82, 2.24) is 19.6 Å². The average molecular weight is 2090 g/mol. The van der Waals surface area contributed by atoms with E-state index in [1.54, 1.807) is 43.9 Å². The molecule has 3 fully saturated rings. The van der Waals surface area contributed by atoms with Crippen LogP contribution in [-0.2, 0) is 83.2 Å². The van der Waals surface area contributed by atoms with Crippen molar-refractivity contribution in [2.45, 2.75) is 286 Å². The standard InChI is InChI=1S/2C28H37ClN2O6.C28H38N2O6.C27H37ClN2O6/c2*1-3-9-21-13-8-11-19(2)10-7-12-20(30-36-18-25(34)31-14-5-4-6-15-31)16-22-26(28(35)37-21)23(32)17-24(33)27(22)29;1-3-9-24-13-8-11-20(2)10-7-12-22(29-35-19-26(33)30-14-5-4-6-15-30)16-21-17-23(31)18-25(32)27(21)28(34)36-24;1-5-11-20-13-10-8-9-12-18(4)14-19(29-35-17-24(33)30(6-2)7-3)15-21-25(27(34)36-20)22(31)16-23(32)26(21)28/h2*7-8,11-12,17,19,21,32-33H,3-6,9-10,13-16,18H2,1-2H3;7-8,11-12,17-18,20,24,31-32H,3-6,9-10,13-16,19H2,1-2H3;8,10,14,16,20,31-32H,5-7,9,11-13,15,17H2,1-4H3/b11-8+,12-7+,30-20+;11-8+,12-7+,30-20-;11-8+,12-7+,29-22-;10-8+,18-14+,29-19+. The Morgan fingerprint density at radius 3 is 1.03 bits per heavy atom. The summed E-state index contributed by atoms with van der Waals surface area (Å²) < 4.78 is 23.0. The Labute approximate surface area is 873 Å². The minimum Gasteiger partial charge on any atom is -0.508 e. The third kappa shape index (κ3) is 39.2. The lowest BCUT2D eigenvalue weighted by Gasteiger charge is -2.26. The van der Waals surface area contributed by atoms with Gasteiger partial charge in [-0.05, 0) is 207 Å². The number of rotatable bonds is 22. The first-order chi connectivity index (χ1) is 70.2. The molecule has 7 heterocycles. The summed E-state index contributed by atoms with van der Waals surface area (Å²) in [5.41, 5.74) is 3.11. The molecule has 7 aliphatic heterocycles. The summed E-state index contributed by atoms with van der Waals surface area (Å²) in [6.07, 6.45) is 49.2. The van der Waals surface area contributed by atoms with Crippen molar-refractivity contribution in [2.24, 2.45) is 38.4 Å². The van der Waals surface area contributed by atoms with E-state index in [2.05, 4.69) is 65.7 Å². The van der Waals surface area contributed by atoms with Gasteiger partial charge >= 0.3 is 23.9 Å². The Kier molecular flexibility index (Phi) is 51.6. The first-order valence-electron chi connectivity index (χ1n) is 51.4. The number of phenolic OH excluding ortho intramolecular Hbond substituents is 8. The summed E-state index contributed by atoms with van der Waals surface area (Å²) in [5, 5.41) is 99.7. The molecule has 11 rings (SSSR count). The van der Waals surface area contributed by atoms with Crippen molar-refractivity contribution in [2.75, 3.05) is 78.8 Å². The molecule has 0 spiro atoms. The van der Waals surface area contributed by atoms with Gasteiger partial charge in [0.15, 0.2) is 26.4 Å². The molecule has 7 aliphatic rings. The van der Waals surface area contributed by atoms with E-state index in [9.17, 15) is 79.2 Å². The van der Waals surface area contributed by atoms with Gasteiger partial charge in [0.2, 0.25) is 0 Å². The van der Waals surface area contributed by atoms with Crippen LogP contribution in [0, 0.1) is 17.8 Å². The van der Waals surface area contributed by atoms with Gasteiger partial charge in [-0.3, -0.25) is 19.2 Å². The topological polar surface area (TPSA) is 435 Å². The second-order valence-electron chi connectivity index (χ2n) is 37.6. The maximum atomic E-state index is 13.2. The summed E-state index contributed by atoms with van der Waals surface area (Å²) in [6.45, 7) is 24.7. The zero-order valence-electron chi connectivity index (χ0n) is 86.1. The van der Waals surface area contributed by atoms with Gasteiger partial charge in [-0.1, -0.05) is 202 Å². The Bertz CT molecular complexity index is 5240. The highest BCUT2D eigenvalue weighted by molar-refractivity contribution is 6.35. The number of carbonyl (C=O) groups is 8. The summed E-state index contributed by atoms with van der Waals surface area (Å²) in [5.74, 6) is -5.58. The number of likely N-dealkylation sites (N-methyl/N-ethyl adjacent to an activating group) is 1. The van der Waals surface area contributed by atoms with Crippen molar-refractivity contribution in [1.29, 1.82) is 0 Å². The van der Waals surface area contributed by atoms with Gasteiger partial charge < -0.3 is 98.7 Å². The molecule has 4 amide bonds. The number of ether oxygens (including phenoxy) is 4. The monoisotopic (exact) mass is 2080 g/mol. The van der Waals surface area contributed by atoms with Gasteiger partial charge in [-0.15, -0.1) is 0 Å². The summed E-state index contributed by atoms with van der Waals surface area (Å²) in [7, 11) is 0. The Balaban J connectivity index is 0.000000238. The van der Waals surface area contributed by atoms with Gasteiger partial charge in [-0.2, -0.15) is 0 Å². The Morgan fingerprint density at radius 1 is 0.377 bits per heavy atom. The van der Waals surface area contributed by atoms with Crippen molar-refractivity contribution in [3.63, 3.8) is 0 Å². The predicted molar refractivity (Wildman–Crippen MR) is 565 cm³/mol. The van der Waals surface area contributed by atoms with Crippen LogP contribution in [0.5, 0.6) is 46.0 Å². The number of esters is 4. The van der Waals surface area contributed by atoms with E-state index in [0.29, 0.717) is 119 Å². The molecule has 0 bridgehead atoms. The minimum absolute atomic E-state index is 0.00574. The third-order valence-corrected chi connectivity index (χ3v) is 26.7. The number of phenols is 8. The molecule has 32 nitrogen and oxygen atoms in total. The predicted octanol–water partition coefficient (Wildman–Crippen LogP) is 21.5. The van der Waals surface area contributed by atoms with Crippen LogP contribution in [0.2, 0.25) is 15.1 Å². The fourth-order valence-corrected chi connectivity index (χ4v) is 18.1. The van der Waals surface area contributed by atoms with E-state index < -0.39 is 41.1 Å². The third-order valence-electron chi connectivity index (χ3n) is 25.4. The van der Waals surface area contributed by atoms with Crippen LogP contribution >= 0.6 is 34.8 Å². The molecule has 3 saturated heterocycles. The quantitative estimate of drug-likeness (QED) is 0.0157. The molecule has 0 aliphatic carbocycles. The SMILES string of the molecule is CCCC1C/C=C/C(C)C/C=C/C(=N/OCC(=O)N2CCCCC2)Cc2c(Cl)c(O)cc(O)c2C(=O)O1.CCCC1C/C=C/C(C)C/C=C/C(=N/OCC(=O)N2CCCCC2)Cc2cc(O)cc(O)c2C(=O)O1.CCCC1C/C=C/C(C)C/C=C/C(=N\OCC(=O)N2CCCCC2)Cc2c(Cl)c(O)cc(O)c2C(=O)O1.CCCC1C/C=C/CC/C(C)=C/C(=N\OCC(=O)N(CC)CC)Cc2c(Cl)c(O)cc(O)c2C(=O)O1. The Morgan fingerprint density at radius 2 is 0.685 bits per heavy atom. The van der Waals surface area contributed by atoms with Gasteiger partial charge in [0.1, 0.15) is 92.7 Å². The zero-order chi connectivity index (χ0) is 106. The number of halogens is 3. The molecule has 7 unspecified atom stereocenters. The van der Waals surface area contributed by atoms with Crippen LogP contribution in [0.3, 0.4) is 0 Å². The number of likely N-dealkylation sites (tertiary alicyclic amines) is 3. The lowest BCUT2D eigenvalue weighted by molar-refractivity contribution is -0.137. The number of piperidine rings is 3. The number of hydrogen-bond donors (Lipinski definition) is 8. The maximum absolute atomic E-state index is 13.2. The smallest absolute Gasteiger partial charge is 0.342 e. The molecular formula is C111H149Cl3N8O24. The largest absolute Gasteiger partial charge is 0.508 e. The number of nitrogens with zero attached hydrogens (tertiary/aromatic N) is 8. The molecule has 0 aromatic heterocycles. The molecule has 4 aromatic rings. The fraction of sp³-hybridized carbons (Fsp3) is 0.532. The first kappa shape index (κ1) is 119. The molecule has 7 atom stereocenters. The summed E-state index contributed by atoms with van der Waals surface area (Å²) >= 11 is 19.2. The van der Waals surface area contributed by atoms with E-state index in [4.69, 9.17) is 73.1 Å². The van der Waals surface area contributed by atoms with Crippen LogP contribution < -0.4 is 0 Å². The number of allylic oxidation sites excluding steroid dienone is 12. The summed E-state index contributed by atoms with van der Waals surface area (Å²) in [6, 6.07) is 5.63. The normalized spacial score (nSPS) is 23.2. The molecule has 35 heteroatoms. The average Bonchev–Trinajstić information content (AvgIpc) is 0.795. The lowest BCUT2D eigenvalue weighted by Crippen LogP contribution is -2.37. The van der Waals surface area contributed by atoms with Gasteiger partial charge in [0.25, 0.3) is 23.6 Å². The Hall–Kier alpha value is -12.3. The molecule has 8 N–H and O–H groups in total. The maximum Gasteiger partial charge on any atom is 0.342 e. The van der Waals surface area contributed by atoms with Gasteiger partial charge in [0, 0.05) is 128 Å². The molecule has 798 valence electrons. The second kappa shape index (κ2) is 63.3. The van der Waals surface area contributed by atoms with Crippen molar-refractivity contribution in [3.05, 3.63) is 187 Å². The second-order valence-corrected chi connectivity index (χ2v) is 38.7. The molecule has 0 saturated carbocycles. The van der Waals surface area contributed by atoms with Crippen molar-refractivity contribution >= 4 is 105 Å². The van der Waals surface area contributed by atoms with E-state index in [1.165, 1.54) is 6.07 Å². The number of oxime groups is 4. The van der Waals surface area contributed by atoms with Crippen LogP contribution in [0.25, 0.3) is 0 Å². The zero-order valence-corrected chi connectivity index (χ0v) is 88.4. The molecule has 0 radical (unpaired) electrons. The van der Waals surface area contributed by atoms with Crippen LogP contribution in [0.1, 0.15) is 300 Å². The van der Waals surface area contributed by atoms with Gasteiger partial charge in [-0.25, -0.2) is 19.2 Å². The number of cyclic esters (lactones) is 4.